The summed E-state index contributed by atoms with van der Waals surface area (Å²) in [6.45, 7) is 4.29. The van der Waals surface area contributed by atoms with Gasteiger partial charge < -0.3 is 0 Å². The van der Waals surface area contributed by atoms with Crippen molar-refractivity contribution in [2.45, 2.75) is 116 Å². The first-order valence-electron chi connectivity index (χ1n) is 14.3. The molecule has 2 fully saturated rings. The SMILES string of the molecule is CCCC1CCC(C2Cc3cc4c(c(F)c3C2(F)F)C(F)(F)C(C2CCC(CCC)CC2)C4)CC1. The second-order valence-electron chi connectivity index (χ2n) is 12.3. The van der Waals surface area contributed by atoms with E-state index >= 15 is 22.0 Å². The van der Waals surface area contributed by atoms with Crippen molar-refractivity contribution in [2.24, 2.45) is 35.5 Å². The minimum absolute atomic E-state index is 0.119. The van der Waals surface area contributed by atoms with Crippen LogP contribution in [-0.2, 0) is 24.7 Å². The van der Waals surface area contributed by atoms with Gasteiger partial charge in [-0.25, -0.2) is 22.0 Å². The molecule has 0 radical (unpaired) electrons. The minimum Gasteiger partial charge on any atom is -0.206 e. The van der Waals surface area contributed by atoms with Crippen LogP contribution in [0.4, 0.5) is 22.0 Å². The number of rotatable bonds is 6. The quantitative estimate of drug-likeness (QED) is 0.344. The van der Waals surface area contributed by atoms with Crippen molar-refractivity contribution in [3.05, 3.63) is 34.1 Å². The van der Waals surface area contributed by atoms with Gasteiger partial charge in [0.15, 0.2) is 0 Å². The normalized spacial score (nSPS) is 35.6. The van der Waals surface area contributed by atoms with E-state index in [9.17, 15) is 0 Å². The molecule has 4 aliphatic carbocycles. The summed E-state index contributed by atoms with van der Waals surface area (Å²) < 4.78 is 78.5. The Kier molecular flexibility index (Phi) is 7.02. The first kappa shape index (κ1) is 25.5. The molecule has 0 aliphatic heterocycles. The van der Waals surface area contributed by atoms with E-state index in [2.05, 4.69) is 13.8 Å². The molecule has 0 heterocycles. The molecular weight excluding hydrogens is 455 g/mol. The third-order valence-corrected chi connectivity index (χ3v) is 10.2. The molecule has 0 bridgehead atoms. The van der Waals surface area contributed by atoms with Gasteiger partial charge in [0, 0.05) is 11.8 Å². The van der Waals surface area contributed by atoms with E-state index < -0.39 is 40.6 Å². The summed E-state index contributed by atoms with van der Waals surface area (Å²) in [5, 5.41) is 0. The zero-order valence-electron chi connectivity index (χ0n) is 21.3. The van der Waals surface area contributed by atoms with Gasteiger partial charge in [0.05, 0.1) is 11.1 Å². The topological polar surface area (TPSA) is 0 Å². The summed E-state index contributed by atoms with van der Waals surface area (Å²) in [5.41, 5.74) is -0.835. The molecule has 1 aromatic carbocycles. The molecule has 4 aliphatic rings. The average Bonchev–Trinajstić information content (AvgIpc) is 3.25. The van der Waals surface area contributed by atoms with Gasteiger partial charge in [-0.1, -0.05) is 71.3 Å². The average molecular weight is 497 g/mol. The van der Waals surface area contributed by atoms with E-state index in [1.54, 1.807) is 6.07 Å². The zero-order chi connectivity index (χ0) is 25.0. The highest BCUT2D eigenvalue weighted by Gasteiger charge is 2.59. The van der Waals surface area contributed by atoms with Crippen LogP contribution in [0.1, 0.15) is 113 Å². The third kappa shape index (κ3) is 4.35. The Hall–Kier alpha value is -1.13. The van der Waals surface area contributed by atoms with Crippen LogP contribution in [0.25, 0.3) is 0 Å². The predicted molar refractivity (Wildman–Crippen MR) is 129 cm³/mol. The fourth-order valence-corrected chi connectivity index (χ4v) is 8.41. The lowest BCUT2D eigenvalue weighted by atomic mass is 9.72. The number of hydrogen-bond donors (Lipinski definition) is 0. The monoisotopic (exact) mass is 496 g/mol. The standard InChI is InChI=1S/C30H41F5/c1-3-5-18-7-11-20(12-8-18)24-16-22-15-23-17-25(21-13-9-19(6-4-2)10-14-21)30(34,35)27(23)28(31)26(22)29(24,32)33/h15,18-21,24-25H,3-14,16-17H2,1-2H3. The maximum Gasteiger partial charge on any atom is 0.279 e. The third-order valence-electron chi connectivity index (χ3n) is 10.2. The molecule has 5 rings (SSSR count). The molecule has 0 saturated heterocycles. The maximum absolute atomic E-state index is 15.7. The van der Waals surface area contributed by atoms with Crippen LogP contribution in [0.15, 0.2) is 6.07 Å². The number of hydrogen-bond acceptors (Lipinski definition) is 0. The molecule has 0 nitrogen and oxygen atoms in total. The highest BCUT2D eigenvalue weighted by molar-refractivity contribution is 5.50. The molecule has 1 aromatic rings. The summed E-state index contributed by atoms with van der Waals surface area (Å²) >= 11 is 0. The van der Waals surface area contributed by atoms with Crippen molar-refractivity contribution in [1.82, 2.24) is 0 Å². The van der Waals surface area contributed by atoms with Crippen LogP contribution < -0.4 is 0 Å². The van der Waals surface area contributed by atoms with Gasteiger partial charge in [0.25, 0.3) is 11.8 Å². The fraction of sp³-hybridized carbons (Fsp3) is 0.800. The van der Waals surface area contributed by atoms with Crippen molar-refractivity contribution < 1.29 is 22.0 Å². The Bertz CT molecular complexity index is 836. The Balaban J connectivity index is 1.36. The van der Waals surface area contributed by atoms with Gasteiger partial charge in [-0.2, -0.15) is 0 Å². The van der Waals surface area contributed by atoms with E-state index in [1.807, 2.05) is 0 Å². The number of alkyl halides is 4. The molecule has 35 heavy (non-hydrogen) atoms. The van der Waals surface area contributed by atoms with E-state index in [1.165, 1.54) is 0 Å². The first-order chi connectivity index (χ1) is 16.7. The number of benzene rings is 1. The van der Waals surface area contributed by atoms with Crippen molar-refractivity contribution in [2.75, 3.05) is 0 Å². The van der Waals surface area contributed by atoms with Crippen molar-refractivity contribution in [1.29, 1.82) is 0 Å². The van der Waals surface area contributed by atoms with E-state index in [-0.39, 0.29) is 35.8 Å². The summed E-state index contributed by atoms with van der Waals surface area (Å²) in [5.74, 6) is -9.09. The molecule has 0 N–H and O–H groups in total. The van der Waals surface area contributed by atoms with Crippen LogP contribution in [0, 0.1) is 41.3 Å². The number of halogens is 5. The van der Waals surface area contributed by atoms with Gasteiger partial charge in [0.1, 0.15) is 5.82 Å². The van der Waals surface area contributed by atoms with E-state index in [0.717, 1.165) is 77.0 Å². The summed E-state index contributed by atoms with van der Waals surface area (Å²) in [6, 6.07) is 1.54. The van der Waals surface area contributed by atoms with Crippen molar-refractivity contribution >= 4 is 0 Å². The lowest BCUT2D eigenvalue weighted by Gasteiger charge is -2.35. The molecule has 2 atom stereocenters. The van der Waals surface area contributed by atoms with Gasteiger partial charge in [-0.05, 0) is 73.3 Å². The first-order valence-corrected chi connectivity index (χ1v) is 14.3. The summed E-state index contributed by atoms with van der Waals surface area (Å²) in [4.78, 5) is 0. The predicted octanol–water partition coefficient (Wildman–Crippen LogP) is 9.57. The molecule has 5 heteroatoms. The largest absolute Gasteiger partial charge is 0.279 e. The van der Waals surface area contributed by atoms with Crippen molar-refractivity contribution in [3.8, 4) is 0 Å². The summed E-state index contributed by atoms with van der Waals surface area (Å²) in [7, 11) is 0. The lowest BCUT2D eigenvalue weighted by Crippen LogP contribution is -2.33. The molecule has 0 spiro atoms. The second kappa shape index (κ2) is 9.63. The highest BCUT2D eigenvalue weighted by atomic mass is 19.3. The van der Waals surface area contributed by atoms with Gasteiger partial charge in [-0.15, -0.1) is 0 Å². The Morgan fingerprint density at radius 3 is 1.37 bits per heavy atom. The van der Waals surface area contributed by atoms with Crippen LogP contribution in [0.3, 0.4) is 0 Å². The van der Waals surface area contributed by atoms with Gasteiger partial charge in [-0.3, -0.25) is 0 Å². The molecular formula is C30H41F5. The molecule has 0 aromatic heterocycles. The Morgan fingerprint density at radius 1 is 0.657 bits per heavy atom. The number of fused-ring (bicyclic) bond motifs is 2. The van der Waals surface area contributed by atoms with Crippen LogP contribution in [0.2, 0.25) is 0 Å². The maximum atomic E-state index is 15.7. The molecule has 196 valence electrons. The molecule has 2 saturated carbocycles. The molecule has 2 unspecified atom stereocenters. The van der Waals surface area contributed by atoms with E-state index in [4.69, 9.17) is 0 Å². The summed E-state index contributed by atoms with van der Waals surface area (Å²) in [6.07, 6.45) is 11.4. The fourth-order valence-electron chi connectivity index (χ4n) is 8.41. The smallest absolute Gasteiger partial charge is 0.206 e. The lowest BCUT2D eigenvalue weighted by molar-refractivity contribution is -0.0905. The second-order valence-corrected chi connectivity index (χ2v) is 12.3. The van der Waals surface area contributed by atoms with Crippen LogP contribution in [0.5, 0.6) is 0 Å². The Labute approximate surface area is 207 Å². The minimum atomic E-state index is -3.37. The van der Waals surface area contributed by atoms with Crippen LogP contribution >= 0.6 is 0 Å². The Morgan fingerprint density at radius 2 is 1.03 bits per heavy atom. The zero-order valence-corrected chi connectivity index (χ0v) is 21.3. The van der Waals surface area contributed by atoms with Crippen LogP contribution in [-0.4, -0.2) is 0 Å². The van der Waals surface area contributed by atoms with Crippen molar-refractivity contribution in [3.63, 3.8) is 0 Å². The highest BCUT2D eigenvalue weighted by Crippen LogP contribution is 2.59. The van der Waals surface area contributed by atoms with Gasteiger partial charge in [0.2, 0.25) is 0 Å². The van der Waals surface area contributed by atoms with Gasteiger partial charge >= 0.3 is 0 Å². The van der Waals surface area contributed by atoms with E-state index in [0.29, 0.717) is 11.8 Å². The molecule has 0 amide bonds.